The van der Waals surface area contributed by atoms with Gasteiger partial charge in [-0.15, -0.1) is 0 Å². The Morgan fingerprint density at radius 1 is 1.20 bits per heavy atom. The Morgan fingerprint density at radius 3 is 2.46 bits per heavy atom. The highest BCUT2D eigenvalue weighted by molar-refractivity contribution is 7.95. The number of aromatic nitrogens is 2. The van der Waals surface area contributed by atoms with Crippen molar-refractivity contribution in [3.63, 3.8) is 0 Å². The third-order valence-corrected chi connectivity index (χ3v) is 10.2. The topological polar surface area (TPSA) is 151 Å². The largest absolute Gasteiger partial charge is 0.345 e. The van der Waals surface area contributed by atoms with Crippen LogP contribution in [0.3, 0.4) is 0 Å². The molecule has 1 aliphatic heterocycles. The number of nitrogens with one attached hydrogen (secondary N) is 2. The van der Waals surface area contributed by atoms with Crippen molar-refractivity contribution < 1.29 is 28.0 Å². The Kier molecular flexibility index (Phi) is 6.41. The van der Waals surface area contributed by atoms with Crippen molar-refractivity contribution in [2.24, 2.45) is 0 Å². The van der Waals surface area contributed by atoms with Crippen LogP contribution in [0.15, 0.2) is 30.5 Å². The highest BCUT2D eigenvalue weighted by Crippen LogP contribution is 2.49. The number of carbonyl (C=O) groups excluding carboxylic acids is 3. The fraction of sp³-hybridized carbons (Fsp3) is 0.455. The first-order chi connectivity index (χ1) is 16.4. The van der Waals surface area contributed by atoms with E-state index in [4.69, 9.17) is 16.8 Å². The first-order valence-electron chi connectivity index (χ1n) is 11.0. The SMILES string of the molecule is CC(C)(C(=O)NO)S(=O)(=O)C1(CN2CCn3c(cnc3C(=O)NCc3ccc(Cl)cc3)C2=O)CC1. The fourth-order valence-corrected chi connectivity index (χ4v) is 6.71. The Morgan fingerprint density at radius 2 is 1.86 bits per heavy atom. The molecule has 188 valence electrons. The minimum atomic E-state index is -4.04. The maximum Gasteiger partial charge on any atom is 0.287 e. The van der Waals surface area contributed by atoms with E-state index >= 15 is 0 Å². The summed E-state index contributed by atoms with van der Waals surface area (Å²) in [5.41, 5.74) is 2.46. The van der Waals surface area contributed by atoms with E-state index in [2.05, 4.69) is 10.3 Å². The monoisotopic (exact) mass is 523 g/mol. The van der Waals surface area contributed by atoms with Crippen molar-refractivity contribution in [1.82, 2.24) is 25.2 Å². The van der Waals surface area contributed by atoms with E-state index in [1.807, 2.05) is 0 Å². The van der Waals surface area contributed by atoms with Crippen LogP contribution >= 0.6 is 11.6 Å². The van der Waals surface area contributed by atoms with Crippen LogP contribution in [0.5, 0.6) is 0 Å². The zero-order valence-corrected chi connectivity index (χ0v) is 20.8. The zero-order chi connectivity index (χ0) is 25.6. The quantitative estimate of drug-likeness (QED) is 0.347. The second-order valence-corrected chi connectivity index (χ2v) is 12.6. The van der Waals surface area contributed by atoms with Crippen LogP contribution in [0, 0.1) is 0 Å². The van der Waals surface area contributed by atoms with Gasteiger partial charge >= 0.3 is 0 Å². The number of sulfone groups is 1. The molecule has 0 saturated heterocycles. The zero-order valence-electron chi connectivity index (χ0n) is 19.2. The van der Waals surface area contributed by atoms with E-state index in [0.29, 0.717) is 17.9 Å². The molecule has 4 rings (SSSR count). The van der Waals surface area contributed by atoms with Crippen molar-refractivity contribution in [1.29, 1.82) is 0 Å². The molecule has 2 aromatic rings. The number of nitrogens with zero attached hydrogens (tertiary/aromatic N) is 3. The summed E-state index contributed by atoms with van der Waals surface area (Å²) in [5.74, 6) is -1.81. The standard InChI is InChI=1S/C22H26ClN5O6S/c1-21(2,20(31)26-32)35(33,34)22(7-8-22)13-27-9-10-28-16(19(27)30)12-24-17(28)18(29)25-11-14-3-5-15(23)6-4-14/h3-6,12,32H,7-11,13H2,1-2H3,(H,25,29)(H,26,31). The molecule has 1 saturated carbocycles. The molecule has 0 atom stereocenters. The number of carbonyl (C=O) groups is 3. The van der Waals surface area contributed by atoms with Crippen LogP contribution in [0.25, 0.3) is 0 Å². The molecule has 0 radical (unpaired) electrons. The number of fused-ring (bicyclic) bond motifs is 1. The average molecular weight is 524 g/mol. The van der Waals surface area contributed by atoms with Crippen LogP contribution in [-0.2, 0) is 27.7 Å². The molecule has 1 aromatic carbocycles. The van der Waals surface area contributed by atoms with Crippen molar-refractivity contribution in [3.8, 4) is 0 Å². The third-order valence-electron chi connectivity index (χ3n) is 6.70. The molecule has 0 unspecified atom stereocenters. The molecule has 1 aromatic heterocycles. The molecule has 2 aliphatic rings. The van der Waals surface area contributed by atoms with Gasteiger partial charge in [0.1, 0.15) is 10.4 Å². The van der Waals surface area contributed by atoms with Crippen LogP contribution in [-0.4, -0.2) is 68.4 Å². The Bertz CT molecular complexity index is 1280. The van der Waals surface area contributed by atoms with Crippen LogP contribution < -0.4 is 10.8 Å². The summed E-state index contributed by atoms with van der Waals surface area (Å²) in [6.45, 7) is 3.09. The molecular weight excluding hydrogens is 498 g/mol. The van der Waals surface area contributed by atoms with Gasteiger partial charge in [0.15, 0.2) is 15.7 Å². The van der Waals surface area contributed by atoms with Crippen LogP contribution in [0.2, 0.25) is 5.02 Å². The number of amides is 3. The van der Waals surface area contributed by atoms with Crippen LogP contribution in [0.4, 0.5) is 0 Å². The minimum Gasteiger partial charge on any atom is -0.345 e. The maximum atomic E-state index is 13.3. The number of rotatable bonds is 8. The fourth-order valence-electron chi connectivity index (χ4n) is 4.25. The van der Waals surface area contributed by atoms with E-state index in [9.17, 15) is 22.8 Å². The highest BCUT2D eigenvalue weighted by atomic mass is 35.5. The lowest BCUT2D eigenvalue weighted by molar-refractivity contribution is -0.131. The molecule has 1 aliphatic carbocycles. The van der Waals surface area contributed by atoms with E-state index in [1.165, 1.54) is 35.0 Å². The molecule has 2 heterocycles. The molecule has 11 nitrogen and oxygen atoms in total. The number of hydrogen-bond donors (Lipinski definition) is 3. The molecular formula is C22H26ClN5O6S. The Balaban J connectivity index is 1.47. The maximum absolute atomic E-state index is 13.3. The normalized spacial score (nSPS) is 17.0. The lowest BCUT2D eigenvalue weighted by Crippen LogP contribution is -2.55. The Hall–Kier alpha value is -2.96. The van der Waals surface area contributed by atoms with Crippen molar-refractivity contribution >= 4 is 39.2 Å². The van der Waals surface area contributed by atoms with Crippen molar-refractivity contribution in [2.75, 3.05) is 13.1 Å². The van der Waals surface area contributed by atoms with Gasteiger partial charge in [0.25, 0.3) is 17.7 Å². The van der Waals surface area contributed by atoms with E-state index in [0.717, 1.165) is 5.56 Å². The summed E-state index contributed by atoms with van der Waals surface area (Å²) in [6, 6.07) is 7.02. The molecule has 3 N–H and O–H groups in total. The second kappa shape index (κ2) is 8.92. The summed E-state index contributed by atoms with van der Waals surface area (Å²) in [7, 11) is -4.04. The van der Waals surface area contributed by atoms with Gasteiger partial charge in [-0.3, -0.25) is 19.6 Å². The van der Waals surface area contributed by atoms with Gasteiger partial charge in [0.05, 0.1) is 10.9 Å². The lowest BCUT2D eigenvalue weighted by atomic mass is 10.2. The molecule has 0 bridgehead atoms. The van der Waals surface area contributed by atoms with E-state index in [1.54, 1.807) is 24.3 Å². The molecule has 13 heteroatoms. The lowest BCUT2D eigenvalue weighted by Gasteiger charge is -2.34. The van der Waals surface area contributed by atoms with Crippen molar-refractivity contribution in [3.05, 3.63) is 52.6 Å². The average Bonchev–Trinajstić information content (AvgIpc) is 3.50. The minimum absolute atomic E-state index is 0.0837. The van der Waals surface area contributed by atoms with E-state index in [-0.39, 0.29) is 37.7 Å². The predicted octanol–water partition coefficient (Wildman–Crippen LogP) is 1.15. The summed E-state index contributed by atoms with van der Waals surface area (Å²) in [4.78, 5) is 43.4. The predicted molar refractivity (Wildman–Crippen MR) is 126 cm³/mol. The first-order valence-corrected chi connectivity index (χ1v) is 12.9. The third kappa shape index (κ3) is 4.30. The number of hydroxylamine groups is 1. The van der Waals surface area contributed by atoms with Gasteiger partial charge in [0, 0.05) is 31.2 Å². The highest BCUT2D eigenvalue weighted by Gasteiger charge is 2.63. The summed E-state index contributed by atoms with van der Waals surface area (Å²) < 4.78 is 24.9. The summed E-state index contributed by atoms with van der Waals surface area (Å²) >= 11 is 5.87. The van der Waals surface area contributed by atoms with Crippen molar-refractivity contribution in [2.45, 2.75) is 49.3 Å². The number of imidazole rings is 1. The Labute approximate surface area is 207 Å². The summed E-state index contributed by atoms with van der Waals surface area (Å²) in [5, 5.41) is 12.3. The van der Waals surface area contributed by atoms with Crippen LogP contribution in [0.1, 0.15) is 53.4 Å². The van der Waals surface area contributed by atoms with Gasteiger partial charge < -0.3 is 14.8 Å². The smallest absolute Gasteiger partial charge is 0.287 e. The van der Waals surface area contributed by atoms with E-state index < -0.39 is 37.1 Å². The molecule has 35 heavy (non-hydrogen) atoms. The van der Waals surface area contributed by atoms with Gasteiger partial charge in [-0.2, -0.15) is 0 Å². The number of halogens is 1. The first kappa shape index (κ1) is 25.1. The number of benzene rings is 1. The van der Waals surface area contributed by atoms with Gasteiger partial charge in [-0.1, -0.05) is 23.7 Å². The second-order valence-electron chi connectivity index (χ2n) is 9.29. The van der Waals surface area contributed by atoms with Gasteiger partial charge in [0.2, 0.25) is 0 Å². The number of hydrogen-bond acceptors (Lipinski definition) is 7. The van der Waals surface area contributed by atoms with Gasteiger partial charge in [-0.05, 0) is 44.4 Å². The van der Waals surface area contributed by atoms with Gasteiger partial charge in [-0.25, -0.2) is 18.9 Å². The molecule has 1 fully saturated rings. The molecule has 3 amide bonds. The molecule has 0 spiro atoms. The summed E-state index contributed by atoms with van der Waals surface area (Å²) in [6.07, 6.45) is 1.92.